The Morgan fingerprint density at radius 3 is 2.52 bits per heavy atom. The lowest BCUT2D eigenvalue weighted by Gasteiger charge is -2.08. The van der Waals surface area contributed by atoms with Crippen molar-refractivity contribution in [3.8, 4) is 17.2 Å². The number of Topliss-reactive ketones (excluding diaryl/α,β-unsaturated/α-hetero) is 1. The van der Waals surface area contributed by atoms with Crippen LogP contribution in [0.5, 0.6) is 17.2 Å². The van der Waals surface area contributed by atoms with Gasteiger partial charge in [0.25, 0.3) is 5.69 Å². The molecule has 0 N–H and O–H groups in total. The van der Waals surface area contributed by atoms with Gasteiger partial charge < -0.3 is 14.2 Å². The minimum atomic E-state index is -0.608. The Morgan fingerprint density at radius 2 is 1.81 bits per heavy atom. The van der Waals surface area contributed by atoms with Crippen LogP contribution in [0.15, 0.2) is 72.5 Å². The van der Waals surface area contributed by atoms with Crippen LogP contribution >= 0.6 is 0 Å². The topological polar surface area (TPSA) is 105 Å². The molecule has 0 saturated carbocycles. The number of ether oxygens (including phenoxy) is 3. The molecule has 1 aliphatic rings. The number of rotatable bonds is 5. The number of hydrogen-bond acceptors (Lipinski definition) is 7. The van der Waals surface area contributed by atoms with Gasteiger partial charge in [0.05, 0.1) is 17.6 Å². The van der Waals surface area contributed by atoms with Gasteiger partial charge in [-0.2, -0.15) is 0 Å². The summed E-state index contributed by atoms with van der Waals surface area (Å²) in [5, 5.41) is 10.8. The molecule has 1 aliphatic heterocycles. The molecule has 0 aliphatic carbocycles. The molecule has 0 fully saturated rings. The number of benzene rings is 3. The van der Waals surface area contributed by atoms with E-state index in [-0.39, 0.29) is 34.3 Å². The maximum Gasteiger partial charge on any atom is 0.347 e. The average molecular weight is 417 g/mol. The first kappa shape index (κ1) is 19.8. The third kappa shape index (κ3) is 3.99. The number of hydrogen-bond donors (Lipinski definition) is 0. The van der Waals surface area contributed by atoms with Crippen molar-refractivity contribution < 1.29 is 28.7 Å². The molecular formula is C23H15NO7. The highest BCUT2D eigenvalue weighted by molar-refractivity contribution is 6.14. The van der Waals surface area contributed by atoms with Gasteiger partial charge in [-0.3, -0.25) is 14.9 Å². The number of para-hydroxylation sites is 1. The smallest absolute Gasteiger partial charge is 0.347 e. The van der Waals surface area contributed by atoms with Crippen molar-refractivity contribution in [3.05, 3.63) is 99.3 Å². The van der Waals surface area contributed by atoms with E-state index in [0.717, 1.165) is 0 Å². The number of esters is 1. The molecule has 3 aromatic rings. The fourth-order valence-electron chi connectivity index (χ4n) is 3.05. The third-order valence-electron chi connectivity index (χ3n) is 4.58. The molecule has 0 amide bonds. The van der Waals surface area contributed by atoms with Crippen LogP contribution in [0, 0.1) is 10.1 Å². The van der Waals surface area contributed by atoms with Crippen LogP contribution in [0.2, 0.25) is 0 Å². The van der Waals surface area contributed by atoms with Gasteiger partial charge in [0.2, 0.25) is 5.78 Å². The first-order valence-corrected chi connectivity index (χ1v) is 9.14. The van der Waals surface area contributed by atoms with E-state index in [9.17, 15) is 19.7 Å². The Kier molecular flexibility index (Phi) is 5.19. The number of carbonyl (C=O) groups excluding carboxylic acids is 2. The summed E-state index contributed by atoms with van der Waals surface area (Å²) in [5.74, 6) is -0.0349. The maximum absolute atomic E-state index is 12.6. The second-order valence-corrected chi connectivity index (χ2v) is 6.54. The van der Waals surface area contributed by atoms with Crippen LogP contribution < -0.4 is 14.2 Å². The summed E-state index contributed by atoms with van der Waals surface area (Å²) in [5.41, 5.74) is 1.11. The molecule has 0 spiro atoms. The van der Waals surface area contributed by atoms with Gasteiger partial charge in [-0.25, -0.2) is 4.79 Å². The van der Waals surface area contributed by atoms with Crippen LogP contribution in [0.25, 0.3) is 6.08 Å². The normalized spacial score (nSPS) is 13.5. The number of methoxy groups -OCH3 is 1. The number of fused-ring (bicyclic) bond motifs is 1. The molecule has 0 saturated heterocycles. The second-order valence-electron chi connectivity index (χ2n) is 6.54. The molecule has 8 heteroatoms. The minimum Gasteiger partial charge on any atom is -0.496 e. The lowest BCUT2D eigenvalue weighted by molar-refractivity contribution is -0.384. The number of ketones is 1. The molecular weight excluding hydrogens is 402 g/mol. The second kappa shape index (κ2) is 8.11. The molecule has 4 rings (SSSR count). The predicted octanol–water partition coefficient (Wildman–Crippen LogP) is 4.44. The molecule has 0 radical (unpaired) electrons. The van der Waals surface area contributed by atoms with Crippen molar-refractivity contribution in [2.45, 2.75) is 0 Å². The number of allylic oxidation sites excluding steroid dienone is 1. The van der Waals surface area contributed by atoms with Crippen LogP contribution in [-0.2, 0) is 0 Å². The fourth-order valence-corrected chi connectivity index (χ4v) is 3.05. The quantitative estimate of drug-likeness (QED) is 0.199. The maximum atomic E-state index is 12.6. The first-order valence-electron chi connectivity index (χ1n) is 9.14. The highest BCUT2D eigenvalue weighted by Crippen LogP contribution is 2.35. The van der Waals surface area contributed by atoms with Crippen molar-refractivity contribution >= 4 is 23.5 Å². The highest BCUT2D eigenvalue weighted by Gasteiger charge is 2.28. The molecule has 0 aromatic heterocycles. The Balaban J connectivity index is 1.54. The van der Waals surface area contributed by atoms with Crippen molar-refractivity contribution in [3.63, 3.8) is 0 Å². The van der Waals surface area contributed by atoms with Crippen molar-refractivity contribution in [1.82, 2.24) is 0 Å². The van der Waals surface area contributed by atoms with Crippen molar-refractivity contribution in [1.29, 1.82) is 0 Å². The summed E-state index contributed by atoms with van der Waals surface area (Å²) in [6, 6.07) is 16.9. The Morgan fingerprint density at radius 1 is 1.06 bits per heavy atom. The standard InChI is InChI=1S/C23H15NO7/c1-29-19-5-3-2-4-18(19)23(26)30-16-10-11-17-20(13-16)31-21(22(17)25)12-14-6-8-15(9-7-14)24(27)28/h2-13H,1H3. The average Bonchev–Trinajstić information content (AvgIpc) is 3.08. The van der Waals surface area contributed by atoms with Gasteiger partial charge in [0, 0.05) is 18.2 Å². The zero-order chi connectivity index (χ0) is 22.0. The van der Waals surface area contributed by atoms with Gasteiger partial charge in [-0.1, -0.05) is 12.1 Å². The van der Waals surface area contributed by atoms with Gasteiger partial charge >= 0.3 is 5.97 Å². The number of nitrogens with zero attached hydrogens (tertiary/aromatic N) is 1. The molecule has 1 heterocycles. The van der Waals surface area contributed by atoms with Gasteiger partial charge in [0.1, 0.15) is 22.8 Å². The lowest BCUT2D eigenvalue weighted by atomic mass is 10.1. The summed E-state index contributed by atoms with van der Waals surface area (Å²) in [4.78, 5) is 35.3. The number of nitro groups is 1. The van der Waals surface area contributed by atoms with E-state index >= 15 is 0 Å². The summed E-state index contributed by atoms with van der Waals surface area (Å²) >= 11 is 0. The summed E-state index contributed by atoms with van der Waals surface area (Å²) in [7, 11) is 1.46. The Labute approximate surface area is 176 Å². The Hall–Kier alpha value is -4.46. The summed E-state index contributed by atoms with van der Waals surface area (Å²) < 4.78 is 16.2. The fraction of sp³-hybridized carbons (Fsp3) is 0.0435. The van der Waals surface area contributed by atoms with Gasteiger partial charge in [0.15, 0.2) is 5.76 Å². The monoisotopic (exact) mass is 417 g/mol. The largest absolute Gasteiger partial charge is 0.496 e. The summed E-state index contributed by atoms with van der Waals surface area (Å²) in [6.45, 7) is 0. The van der Waals surface area contributed by atoms with Gasteiger partial charge in [-0.15, -0.1) is 0 Å². The van der Waals surface area contributed by atoms with E-state index in [1.807, 2.05) is 0 Å². The van der Waals surface area contributed by atoms with Gasteiger partial charge in [-0.05, 0) is 48.0 Å². The van der Waals surface area contributed by atoms with Crippen LogP contribution in [0.1, 0.15) is 26.3 Å². The van der Waals surface area contributed by atoms with E-state index in [2.05, 4.69) is 0 Å². The molecule has 0 bridgehead atoms. The van der Waals surface area contributed by atoms with E-state index in [1.54, 1.807) is 24.3 Å². The summed E-state index contributed by atoms with van der Waals surface area (Å²) in [6.07, 6.45) is 1.49. The zero-order valence-electron chi connectivity index (χ0n) is 16.2. The van der Waals surface area contributed by atoms with Crippen LogP contribution in [0.4, 0.5) is 5.69 Å². The van der Waals surface area contributed by atoms with E-state index in [0.29, 0.717) is 16.9 Å². The van der Waals surface area contributed by atoms with E-state index in [1.165, 1.54) is 55.7 Å². The molecule has 0 atom stereocenters. The molecule has 31 heavy (non-hydrogen) atoms. The predicted molar refractivity (Wildman–Crippen MR) is 110 cm³/mol. The molecule has 8 nitrogen and oxygen atoms in total. The van der Waals surface area contributed by atoms with Crippen LogP contribution in [-0.4, -0.2) is 23.8 Å². The first-order chi connectivity index (χ1) is 15.0. The van der Waals surface area contributed by atoms with Crippen LogP contribution in [0.3, 0.4) is 0 Å². The number of non-ortho nitro benzene ring substituents is 1. The lowest BCUT2D eigenvalue weighted by Crippen LogP contribution is -2.10. The van der Waals surface area contributed by atoms with Crippen molar-refractivity contribution in [2.75, 3.05) is 7.11 Å². The third-order valence-corrected chi connectivity index (χ3v) is 4.58. The SMILES string of the molecule is COc1ccccc1C(=O)Oc1ccc2c(c1)OC(=Cc1ccc([N+](=O)[O-])cc1)C2=O. The number of nitro benzene ring substituents is 1. The van der Waals surface area contributed by atoms with E-state index < -0.39 is 10.9 Å². The Bertz CT molecular complexity index is 1230. The molecule has 154 valence electrons. The van der Waals surface area contributed by atoms with E-state index in [4.69, 9.17) is 14.2 Å². The molecule has 3 aromatic carbocycles. The highest BCUT2D eigenvalue weighted by atomic mass is 16.6. The van der Waals surface area contributed by atoms with Crippen molar-refractivity contribution in [2.24, 2.45) is 0 Å². The molecule has 0 unspecified atom stereocenters. The zero-order valence-corrected chi connectivity index (χ0v) is 16.2. The minimum absolute atomic E-state index is 0.0504. The number of carbonyl (C=O) groups is 2.